The predicted molar refractivity (Wildman–Crippen MR) is 73.5 cm³/mol. The molecule has 0 fully saturated rings. The van der Waals surface area contributed by atoms with Gasteiger partial charge in [0.05, 0.1) is 10.6 Å². The first-order valence-corrected chi connectivity index (χ1v) is 7.02. The van der Waals surface area contributed by atoms with E-state index in [0.29, 0.717) is 0 Å². The topological polar surface area (TPSA) is 64.7 Å². The highest BCUT2D eigenvalue weighted by molar-refractivity contribution is 7.05. The molecule has 0 bridgehead atoms. The Bertz CT molecular complexity index is 492. The molecule has 2 heterocycles. The van der Waals surface area contributed by atoms with Crippen LogP contribution in [0.2, 0.25) is 0 Å². The summed E-state index contributed by atoms with van der Waals surface area (Å²) in [7, 11) is 0. The molecule has 96 valence electrons. The highest BCUT2D eigenvalue weighted by Gasteiger charge is 2.15. The van der Waals surface area contributed by atoms with E-state index in [1.54, 1.807) is 0 Å². The van der Waals surface area contributed by atoms with E-state index in [4.69, 9.17) is 5.73 Å². The molecule has 0 saturated heterocycles. The molecule has 0 aliphatic rings. The van der Waals surface area contributed by atoms with Gasteiger partial charge in [0.15, 0.2) is 0 Å². The van der Waals surface area contributed by atoms with Crippen LogP contribution in [0.1, 0.15) is 41.7 Å². The monoisotopic (exact) mass is 262 g/mol. The van der Waals surface area contributed by atoms with E-state index in [9.17, 15) is 0 Å². The van der Waals surface area contributed by atoms with Crippen molar-refractivity contribution >= 4 is 11.5 Å². The summed E-state index contributed by atoms with van der Waals surface area (Å²) in [4.78, 5) is 5.52. The van der Waals surface area contributed by atoms with Gasteiger partial charge in [-0.3, -0.25) is 4.98 Å². The van der Waals surface area contributed by atoms with Gasteiger partial charge in [0, 0.05) is 24.4 Å². The second-order valence-electron chi connectivity index (χ2n) is 4.26. The molecule has 2 aromatic heterocycles. The van der Waals surface area contributed by atoms with Crippen LogP contribution in [-0.4, -0.2) is 14.6 Å². The maximum atomic E-state index is 6.21. The van der Waals surface area contributed by atoms with Crippen LogP contribution in [0.4, 0.5) is 0 Å². The van der Waals surface area contributed by atoms with Crippen molar-refractivity contribution in [3.8, 4) is 0 Å². The summed E-state index contributed by atoms with van der Waals surface area (Å²) >= 11 is 1.40. The van der Waals surface area contributed by atoms with E-state index < -0.39 is 0 Å². The predicted octanol–water partition coefficient (Wildman–Crippen LogP) is 2.30. The van der Waals surface area contributed by atoms with Crippen LogP contribution in [0.15, 0.2) is 18.3 Å². The molecule has 0 spiro atoms. The molecule has 0 saturated carbocycles. The van der Waals surface area contributed by atoms with Gasteiger partial charge in [-0.25, -0.2) is 0 Å². The van der Waals surface area contributed by atoms with Crippen molar-refractivity contribution < 1.29 is 0 Å². The molecule has 0 aromatic carbocycles. The molecule has 2 N–H and O–H groups in total. The van der Waals surface area contributed by atoms with Gasteiger partial charge in [-0.05, 0) is 36.0 Å². The van der Waals surface area contributed by atoms with Gasteiger partial charge in [-0.2, -0.15) is 0 Å². The molecule has 0 radical (unpaired) electrons. The number of nitrogens with zero attached hydrogens (tertiary/aromatic N) is 3. The lowest BCUT2D eigenvalue weighted by molar-refractivity contribution is 0.706. The summed E-state index contributed by atoms with van der Waals surface area (Å²) in [6, 6.07) is 4.11. The highest BCUT2D eigenvalue weighted by Crippen LogP contribution is 2.21. The largest absolute Gasteiger partial charge is 0.323 e. The fourth-order valence-electron chi connectivity index (χ4n) is 1.85. The molecule has 0 aliphatic heterocycles. The first kappa shape index (κ1) is 13.1. The van der Waals surface area contributed by atoms with E-state index in [1.807, 2.05) is 6.20 Å². The normalized spacial score (nSPS) is 12.6. The van der Waals surface area contributed by atoms with Gasteiger partial charge in [-0.15, -0.1) is 5.10 Å². The number of aromatic nitrogens is 3. The molecule has 1 unspecified atom stereocenters. The minimum absolute atomic E-state index is 0.0556. The first-order valence-electron chi connectivity index (χ1n) is 6.25. The van der Waals surface area contributed by atoms with Crippen LogP contribution in [0.5, 0.6) is 0 Å². The molecule has 0 amide bonds. The molecule has 4 nitrogen and oxygen atoms in total. The van der Waals surface area contributed by atoms with E-state index in [2.05, 4.69) is 40.6 Å². The molecule has 2 aromatic rings. The van der Waals surface area contributed by atoms with Crippen molar-refractivity contribution in [2.24, 2.45) is 5.73 Å². The summed E-state index contributed by atoms with van der Waals surface area (Å²) in [6.07, 6.45) is 4.55. The third kappa shape index (κ3) is 2.91. The lowest BCUT2D eigenvalue weighted by atomic mass is 10.1. The lowest BCUT2D eigenvalue weighted by Gasteiger charge is -2.10. The van der Waals surface area contributed by atoms with Crippen molar-refractivity contribution in [2.45, 2.75) is 39.2 Å². The Kier molecular flexibility index (Phi) is 4.38. The number of hydrogen-bond donors (Lipinski definition) is 1. The maximum absolute atomic E-state index is 6.21. The Morgan fingerprint density at radius 2 is 2.11 bits per heavy atom. The van der Waals surface area contributed by atoms with Gasteiger partial charge >= 0.3 is 0 Å². The summed E-state index contributed by atoms with van der Waals surface area (Å²) < 4.78 is 3.97. The van der Waals surface area contributed by atoms with Crippen LogP contribution < -0.4 is 5.73 Å². The third-order valence-corrected chi connectivity index (χ3v) is 3.88. The Morgan fingerprint density at radius 1 is 1.28 bits per heavy atom. The van der Waals surface area contributed by atoms with Crippen LogP contribution in [0.3, 0.4) is 0 Å². The van der Waals surface area contributed by atoms with Gasteiger partial charge in [0.25, 0.3) is 0 Å². The number of aryl methyl sites for hydroxylation is 2. The molecule has 1 atom stereocenters. The van der Waals surface area contributed by atoms with Gasteiger partial charge in [0.2, 0.25) is 0 Å². The summed E-state index contributed by atoms with van der Waals surface area (Å²) in [5.74, 6) is 0. The fraction of sp³-hybridized carbons (Fsp3) is 0.462. The second kappa shape index (κ2) is 6.02. The Hall–Kier alpha value is -1.33. The van der Waals surface area contributed by atoms with Gasteiger partial charge in [-0.1, -0.05) is 24.4 Å². The fourth-order valence-corrected chi connectivity index (χ4v) is 2.58. The van der Waals surface area contributed by atoms with Gasteiger partial charge in [0.1, 0.15) is 0 Å². The van der Waals surface area contributed by atoms with Crippen molar-refractivity contribution in [3.05, 3.63) is 40.2 Å². The zero-order valence-corrected chi connectivity index (χ0v) is 11.6. The molecule has 2 rings (SSSR count). The minimum Gasteiger partial charge on any atom is -0.323 e. The molecule has 5 heteroatoms. The van der Waals surface area contributed by atoms with Crippen LogP contribution in [-0.2, 0) is 19.3 Å². The highest BCUT2D eigenvalue weighted by atomic mass is 32.1. The van der Waals surface area contributed by atoms with Crippen molar-refractivity contribution in [1.82, 2.24) is 14.6 Å². The summed E-state index contributed by atoms with van der Waals surface area (Å²) in [5, 5.41) is 4.09. The number of hydrogen-bond acceptors (Lipinski definition) is 5. The van der Waals surface area contributed by atoms with Crippen LogP contribution in [0.25, 0.3) is 0 Å². The standard InChI is InChI=1S/C13H18N4S/c1-3-9-5-6-10(15-8-9)7-11(14)13-12(4-2)16-17-18-13/h5-6,8,11H,3-4,7,14H2,1-2H3. The van der Waals surface area contributed by atoms with Crippen molar-refractivity contribution in [1.29, 1.82) is 0 Å². The van der Waals surface area contributed by atoms with Gasteiger partial charge < -0.3 is 5.73 Å². The Balaban J connectivity index is 2.08. The zero-order valence-electron chi connectivity index (χ0n) is 10.8. The second-order valence-corrected chi connectivity index (χ2v) is 5.05. The average molecular weight is 262 g/mol. The van der Waals surface area contributed by atoms with Crippen LogP contribution >= 0.6 is 11.5 Å². The number of rotatable bonds is 5. The maximum Gasteiger partial charge on any atom is 0.0801 e. The zero-order chi connectivity index (χ0) is 13.0. The summed E-state index contributed by atoms with van der Waals surface area (Å²) in [5.41, 5.74) is 9.49. The summed E-state index contributed by atoms with van der Waals surface area (Å²) in [6.45, 7) is 4.19. The molecular weight excluding hydrogens is 244 g/mol. The van der Waals surface area contributed by atoms with E-state index >= 15 is 0 Å². The van der Waals surface area contributed by atoms with E-state index in [0.717, 1.165) is 35.5 Å². The Labute approximate surface area is 111 Å². The third-order valence-electron chi connectivity index (χ3n) is 2.98. The average Bonchev–Trinajstić information content (AvgIpc) is 2.88. The van der Waals surface area contributed by atoms with E-state index in [1.165, 1.54) is 17.1 Å². The lowest BCUT2D eigenvalue weighted by Crippen LogP contribution is -2.14. The molecular formula is C13H18N4S. The number of nitrogens with two attached hydrogens (primary N) is 1. The Morgan fingerprint density at radius 3 is 2.72 bits per heavy atom. The number of pyridine rings is 1. The smallest absolute Gasteiger partial charge is 0.0801 e. The minimum atomic E-state index is -0.0556. The quantitative estimate of drug-likeness (QED) is 0.898. The van der Waals surface area contributed by atoms with Crippen molar-refractivity contribution in [3.63, 3.8) is 0 Å². The SMILES string of the molecule is CCc1ccc(CC(N)c2snnc2CC)nc1. The molecule has 0 aliphatic carbocycles. The molecule has 18 heavy (non-hydrogen) atoms. The van der Waals surface area contributed by atoms with Crippen LogP contribution in [0, 0.1) is 0 Å². The van der Waals surface area contributed by atoms with E-state index in [-0.39, 0.29) is 6.04 Å². The van der Waals surface area contributed by atoms with Crippen molar-refractivity contribution in [2.75, 3.05) is 0 Å². The first-order chi connectivity index (χ1) is 8.74.